The van der Waals surface area contributed by atoms with Crippen LogP contribution in [0.5, 0.6) is 0 Å². The van der Waals surface area contributed by atoms with Crippen LogP contribution in [0, 0.1) is 5.92 Å². The molecule has 0 atom stereocenters. The first-order valence-corrected chi connectivity index (χ1v) is 6.02. The normalized spacial score (nSPS) is 10.7. The van der Waals surface area contributed by atoms with E-state index in [9.17, 15) is 4.79 Å². The third-order valence-electron chi connectivity index (χ3n) is 1.74. The van der Waals surface area contributed by atoms with Gasteiger partial charge in [-0.1, -0.05) is 25.4 Å². The van der Waals surface area contributed by atoms with Crippen LogP contribution in [-0.2, 0) is 0 Å². The van der Waals surface area contributed by atoms with Crippen molar-refractivity contribution in [3.8, 4) is 0 Å². The molecule has 1 aromatic carbocycles. The number of benzene rings is 1. The van der Waals surface area contributed by atoms with Gasteiger partial charge in [0.25, 0.3) is 0 Å². The number of thioether (sulfide) groups is 1. The van der Waals surface area contributed by atoms with Crippen LogP contribution in [0.1, 0.15) is 24.2 Å². The Labute approximate surface area is 98.6 Å². The fourth-order valence-corrected chi connectivity index (χ4v) is 2.20. The summed E-state index contributed by atoms with van der Waals surface area (Å²) in [6.07, 6.45) is 0. The number of hydrogen-bond acceptors (Lipinski definition) is 2. The van der Waals surface area contributed by atoms with Gasteiger partial charge in [-0.2, -0.15) is 0 Å². The Morgan fingerprint density at radius 2 is 2.20 bits per heavy atom. The van der Waals surface area contributed by atoms with E-state index in [4.69, 9.17) is 16.7 Å². The fraction of sp³-hybridized carbons (Fsp3) is 0.364. The van der Waals surface area contributed by atoms with Crippen molar-refractivity contribution in [3.63, 3.8) is 0 Å². The molecule has 1 rings (SSSR count). The van der Waals surface area contributed by atoms with Gasteiger partial charge in [0.1, 0.15) is 0 Å². The second-order valence-electron chi connectivity index (χ2n) is 3.65. The maximum atomic E-state index is 10.9. The summed E-state index contributed by atoms with van der Waals surface area (Å²) in [6.45, 7) is 4.20. The topological polar surface area (TPSA) is 37.3 Å². The van der Waals surface area contributed by atoms with Gasteiger partial charge in [0, 0.05) is 15.7 Å². The van der Waals surface area contributed by atoms with Gasteiger partial charge in [0.2, 0.25) is 0 Å². The van der Waals surface area contributed by atoms with Crippen LogP contribution >= 0.6 is 23.4 Å². The molecule has 0 aromatic heterocycles. The van der Waals surface area contributed by atoms with E-state index in [0.717, 1.165) is 10.6 Å². The Hall–Kier alpha value is -0.670. The van der Waals surface area contributed by atoms with Crippen LogP contribution < -0.4 is 0 Å². The van der Waals surface area contributed by atoms with E-state index in [2.05, 4.69) is 13.8 Å². The number of aromatic carboxylic acids is 1. The lowest BCUT2D eigenvalue weighted by molar-refractivity contribution is 0.0693. The number of hydrogen-bond donors (Lipinski definition) is 1. The summed E-state index contributed by atoms with van der Waals surface area (Å²) in [6, 6.07) is 4.97. The Kier molecular flexibility index (Phi) is 4.48. The third-order valence-corrected chi connectivity index (χ3v) is 3.48. The van der Waals surface area contributed by atoms with Crippen molar-refractivity contribution in [3.05, 3.63) is 28.8 Å². The minimum Gasteiger partial charge on any atom is -0.478 e. The van der Waals surface area contributed by atoms with Crippen molar-refractivity contribution in [1.82, 2.24) is 0 Å². The monoisotopic (exact) mass is 244 g/mol. The highest BCUT2D eigenvalue weighted by Crippen LogP contribution is 2.27. The van der Waals surface area contributed by atoms with Crippen molar-refractivity contribution in [2.45, 2.75) is 18.7 Å². The van der Waals surface area contributed by atoms with Gasteiger partial charge in [0.05, 0.1) is 5.56 Å². The third kappa shape index (κ3) is 3.76. The number of halogens is 1. The Bertz CT molecular complexity index is 364. The molecule has 0 aliphatic heterocycles. The summed E-state index contributed by atoms with van der Waals surface area (Å²) in [7, 11) is 0. The van der Waals surface area contributed by atoms with Gasteiger partial charge < -0.3 is 5.11 Å². The zero-order valence-electron chi connectivity index (χ0n) is 8.66. The Morgan fingerprint density at radius 1 is 1.53 bits per heavy atom. The van der Waals surface area contributed by atoms with Gasteiger partial charge in [-0.15, -0.1) is 11.8 Å². The molecule has 0 saturated carbocycles. The van der Waals surface area contributed by atoms with Gasteiger partial charge >= 0.3 is 5.97 Å². The maximum Gasteiger partial charge on any atom is 0.336 e. The summed E-state index contributed by atoms with van der Waals surface area (Å²) in [5.74, 6) is 0.512. The smallest absolute Gasteiger partial charge is 0.336 e. The second kappa shape index (κ2) is 5.42. The number of rotatable bonds is 4. The minimum absolute atomic E-state index is 0.285. The SMILES string of the molecule is CC(C)CSc1ccc(Cl)cc1C(=O)O. The number of carboxylic acids is 1. The van der Waals surface area contributed by atoms with Crippen LogP contribution in [-0.4, -0.2) is 16.8 Å². The van der Waals surface area contributed by atoms with Crippen molar-refractivity contribution < 1.29 is 9.90 Å². The summed E-state index contributed by atoms with van der Waals surface area (Å²) >= 11 is 7.30. The van der Waals surface area contributed by atoms with Gasteiger partial charge in [-0.25, -0.2) is 4.79 Å². The molecule has 0 aliphatic rings. The van der Waals surface area contributed by atoms with Crippen LogP contribution in [0.4, 0.5) is 0 Å². The summed E-state index contributed by atoms with van der Waals surface area (Å²) < 4.78 is 0. The van der Waals surface area contributed by atoms with E-state index in [1.165, 1.54) is 6.07 Å². The average molecular weight is 245 g/mol. The molecule has 82 valence electrons. The highest BCUT2D eigenvalue weighted by molar-refractivity contribution is 7.99. The first-order chi connectivity index (χ1) is 7.00. The summed E-state index contributed by atoms with van der Waals surface area (Å²) in [4.78, 5) is 11.7. The number of carbonyl (C=O) groups is 1. The van der Waals surface area contributed by atoms with Crippen molar-refractivity contribution in [2.75, 3.05) is 5.75 Å². The van der Waals surface area contributed by atoms with Crippen molar-refractivity contribution in [1.29, 1.82) is 0 Å². The van der Waals surface area contributed by atoms with Crippen molar-refractivity contribution in [2.24, 2.45) is 5.92 Å². The first kappa shape index (κ1) is 12.4. The lowest BCUT2D eigenvalue weighted by Crippen LogP contribution is -2.00. The molecule has 0 amide bonds. The van der Waals surface area contributed by atoms with Gasteiger partial charge in [-0.05, 0) is 24.1 Å². The molecule has 1 N–H and O–H groups in total. The predicted molar refractivity (Wildman–Crippen MR) is 64.0 cm³/mol. The molecule has 0 heterocycles. The minimum atomic E-state index is -0.927. The molecule has 0 aliphatic carbocycles. The lowest BCUT2D eigenvalue weighted by Gasteiger charge is -2.07. The van der Waals surface area contributed by atoms with E-state index >= 15 is 0 Å². The second-order valence-corrected chi connectivity index (χ2v) is 5.15. The van der Waals surface area contributed by atoms with E-state index in [1.807, 2.05) is 0 Å². The molecule has 0 saturated heterocycles. The summed E-state index contributed by atoms with van der Waals surface area (Å²) in [5, 5.41) is 9.44. The molecule has 0 fully saturated rings. The summed E-state index contributed by atoms with van der Waals surface area (Å²) in [5.41, 5.74) is 0.285. The highest BCUT2D eigenvalue weighted by Gasteiger charge is 2.11. The molecule has 15 heavy (non-hydrogen) atoms. The van der Waals surface area contributed by atoms with Crippen LogP contribution in [0.25, 0.3) is 0 Å². The van der Waals surface area contributed by atoms with E-state index < -0.39 is 5.97 Å². The van der Waals surface area contributed by atoms with Crippen LogP contribution in [0.2, 0.25) is 5.02 Å². The van der Waals surface area contributed by atoms with Crippen LogP contribution in [0.3, 0.4) is 0 Å². The van der Waals surface area contributed by atoms with Crippen LogP contribution in [0.15, 0.2) is 23.1 Å². The Morgan fingerprint density at radius 3 is 2.73 bits per heavy atom. The van der Waals surface area contributed by atoms with Crippen molar-refractivity contribution >= 4 is 29.3 Å². The maximum absolute atomic E-state index is 10.9. The molecular formula is C11H13ClO2S. The van der Waals surface area contributed by atoms with E-state index in [-0.39, 0.29) is 5.56 Å². The molecule has 0 radical (unpaired) electrons. The molecule has 4 heteroatoms. The molecule has 0 bridgehead atoms. The average Bonchev–Trinajstić information content (AvgIpc) is 2.15. The standard InChI is InChI=1S/C11H13ClO2S/c1-7(2)6-15-10-4-3-8(12)5-9(10)11(13)14/h3-5,7H,6H2,1-2H3,(H,13,14). The number of carboxylic acid groups (broad SMARTS) is 1. The predicted octanol–water partition coefficient (Wildman–Crippen LogP) is 3.79. The largest absolute Gasteiger partial charge is 0.478 e. The Balaban J connectivity index is 2.91. The molecular weight excluding hydrogens is 232 g/mol. The lowest BCUT2D eigenvalue weighted by atomic mass is 10.2. The molecule has 1 aromatic rings. The highest BCUT2D eigenvalue weighted by atomic mass is 35.5. The molecule has 2 nitrogen and oxygen atoms in total. The zero-order chi connectivity index (χ0) is 11.4. The quantitative estimate of drug-likeness (QED) is 0.819. The molecule has 0 spiro atoms. The molecule has 0 unspecified atom stereocenters. The fourth-order valence-electron chi connectivity index (χ4n) is 1.05. The zero-order valence-corrected chi connectivity index (χ0v) is 10.2. The van der Waals surface area contributed by atoms with Gasteiger partial charge in [-0.3, -0.25) is 0 Å². The van der Waals surface area contributed by atoms with E-state index in [1.54, 1.807) is 23.9 Å². The van der Waals surface area contributed by atoms with Gasteiger partial charge in [0.15, 0.2) is 0 Å². The first-order valence-electron chi connectivity index (χ1n) is 4.66. The van der Waals surface area contributed by atoms with E-state index in [0.29, 0.717) is 10.9 Å².